The molecule has 2 N–H and O–H groups in total. The van der Waals surface area contributed by atoms with Gasteiger partial charge in [-0.25, -0.2) is 4.79 Å². The van der Waals surface area contributed by atoms with Crippen LogP contribution >= 0.6 is 11.6 Å². The Morgan fingerprint density at radius 3 is 2.65 bits per heavy atom. The van der Waals surface area contributed by atoms with Gasteiger partial charge in [-0.2, -0.15) is 0 Å². The summed E-state index contributed by atoms with van der Waals surface area (Å²) >= 11 is 6.33. The Balaban J connectivity index is 1.03. The molecular weight excluding hydrogens is 714 g/mol. The maximum Gasteiger partial charge on any atom is 0.329 e. The molecule has 2 aliphatic heterocycles. The first-order valence-corrected chi connectivity index (χ1v) is 21.1. The number of carbonyl (C=O) groups is 1. The number of carboxylic acid groups (broad SMARTS) is 1. The highest BCUT2D eigenvalue weighted by Crippen LogP contribution is 2.58. The fourth-order valence-electron chi connectivity index (χ4n) is 10.6. The Morgan fingerprint density at radius 2 is 1.89 bits per heavy atom. The summed E-state index contributed by atoms with van der Waals surface area (Å²) in [7, 11) is 1.81. The van der Waals surface area contributed by atoms with Gasteiger partial charge in [-0.1, -0.05) is 31.5 Å². The molecule has 1 spiro atoms. The molecule has 0 radical (unpaired) electrons. The Morgan fingerprint density at radius 1 is 1.09 bits per heavy atom. The van der Waals surface area contributed by atoms with Crippen molar-refractivity contribution in [3.63, 3.8) is 0 Å². The number of carboxylic acids is 1. The molecule has 3 aromatic rings. The number of rotatable bonds is 11. The van der Waals surface area contributed by atoms with Crippen molar-refractivity contribution >= 4 is 23.3 Å². The number of ether oxygens (including phenoxy) is 4. The van der Waals surface area contributed by atoms with Crippen molar-refractivity contribution in [1.29, 1.82) is 0 Å². The van der Waals surface area contributed by atoms with Gasteiger partial charge in [0.2, 0.25) is 0 Å². The molecule has 5 atom stereocenters. The molecular formula is C45H58ClN3O6. The van der Waals surface area contributed by atoms with E-state index in [0.717, 1.165) is 87.5 Å². The summed E-state index contributed by atoms with van der Waals surface area (Å²) in [6.07, 6.45) is 12.2. The first kappa shape index (κ1) is 38.3. The van der Waals surface area contributed by atoms with Crippen LogP contribution < -0.4 is 19.5 Å². The number of likely N-dealkylation sites (tertiary alicyclic amines) is 1. The highest BCUT2D eigenvalue weighted by Gasteiger charge is 2.54. The number of hydrogen-bond donors (Lipinski definition) is 2. The Labute approximate surface area is 331 Å². The van der Waals surface area contributed by atoms with E-state index in [1.807, 2.05) is 43.6 Å². The van der Waals surface area contributed by atoms with Crippen molar-refractivity contribution in [2.45, 2.75) is 107 Å². The molecule has 0 bridgehead atoms. The van der Waals surface area contributed by atoms with Gasteiger partial charge < -0.3 is 34.3 Å². The lowest BCUT2D eigenvalue weighted by Crippen LogP contribution is -2.53. The van der Waals surface area contributed by atoms with Crippen LogP contribution in [0.5, 0.6) is 17.2 Å². The lowest BCUT2D eigenvalue weighted by Gasteiger charge is -2.47. The van der Waals surface area contributed by atoms with Crippen LogP contribution in [0.2, 0.25) is 5.02 Å². The minimum atomic E-state index is -1.08. The van der Waals surface area contributed by atoms with E-state index in [1.54, 1.807) is 0 Å². The number of aryl methyl sites for hydroxylation is 1. The highest BCUT2D eigenvalue weighted by molar-refractivity contribution is 6.30. The second kappa shape index (κ2) is 16.1. The number of methoxy groups -OCH3 is 1. The number of aromatic nitrogens is 1. The van der Waals surface area contributed by atoms with Crippen LogP contribution in [0.1, 0.15) is 99.9 Å². The molecule has 1 saturated heterocycles. The van der Waals surface area contributed by atoms with Crippen LogP contribution in [0.4, 0.5) is 5.69 Å². The SMILES string of the molecule is COC1CCCN(CC2COc3cc4c(cc3OC2)C2(CCC(Nc3cccc(Cl)c3)(C(=O)O)CC2)C(C[C@@H](C)COc2ccnc3c2[C@H](C)CCC3)C4)C1. The van der Waals surface area contributed by atoms with Gasteiger partial charge >= 0.3 is 5.97 Å². The number of pyridine rings is 1. The number of nitrogens with zero attached hydrogens (tertiary/aromatic N) is 2. The number of piperidine rings is 1. The average Bonchev–Trinajstić information content (AvgIpc) is 3.31. The molecule has 2 aromatic carbocycles. The third kappa shape index (κ3) is 7.91. The van der Waals surface area contributed by atoms with Crippen molar-refractivity contribution in [1.82, 2.24) is 9.88 Å². The van der Waals surface area contributed by atoms with E-state index in [2.05, 4.69) is 41.2 Å². The molecule has 10 heteroatoms. The highest BCUT2D eigenvalue weighted by atomic mass is 35.5. The van der Waals surface area contributed by atoms with Crippen LogP contribution in [-0.4, -0.2) is 79.2 Å². The van der Waals surface area contributed by atoms with E-state index in [4.69, 9.17) is 30.5 Å². The van der Waals surface area contributed by atoms with E-state index >= 15 is 0 Å². The normalized spacial score (nSPS) is 29.5. The van der Waals surface area contributed by atoms with E-state index in [1.165, 1.54) is 35.2 Å². The van der Waals surface area contributed by atoms with Gasteiger partial charge in [-0.3, -0.25) is 4.98 Å². The van der Waals surface area contributed by atoms with Gasteiger partial charge in [0.05, 0.1) is 25.9 Å². The Hall–Kier alpha value is -3.53. The predicted molar refractivity (Wildman–Crippen MR) is 215 cm³/mol. The summed E-state index contributed by atoms with van der Waals surface area (Å²) in [6, 6.07) is 13.9. The van der Waals surface area contributed by atoms with Crippen molar-refractivity contribution in [2.75, 3.05) is 51.9 Å². The second-order valence-corrected chi connectivity index (χ2v) is 17.8. The van der Waals surface area contributed by atoms with Gasteiger partial charge in [-0.05, 0) is 148 Å². The van der Waals surface area contributed by atoms with Crippen LogP contribution in [0.3, 0.4) is 0 Å². The summed E-state index contributed by atoms with van der Waals surface area (Å²) in [5.74, 6) is 3.16. The molecule has 5 aliphatic rings. The summed E-state index contributed by atoms with van der Waals surface area (Å²) in [4.78, 5) is 20.3. The van der Waals surface area contributed by atoms with Crippen LogP contribution in [0, 0.1) is 17.8 Å². The molecule has 8 rings (SSSR count). The minimum absolute atomic E-state index is 0.185. The summed E-state index contributed by atoms with van der Waals surface area (Å²) < 4.78 is 25.5. The van der Waals surface area contributed by atoms with Crippen molar-refractivity contribution in [2.24, 2.45) is 17.8 Å². The third-order valence-corrected chi connectivity index (χ3v) is 13.8. The third-order valence-electron chi connectivity index (χ3n) is 13.6. The number of fused-ring (bicyclic) bond motifs is 4. The minimum Gasteiger partial charge on any atom is -0.493 e. The molecule has 1 saturated carbocycles. The molecule has 296 valence electrons. The van der Waals surface area contributed by atoms with Gasteiger partial charge in [0.25, 0.3) is 0 Å². The number of hydrogen-bond acceptors (Lipinski definition) is 8. The van der Waals surface area contributed by atoms with Crippen LogP contribution in [0.15, 0.2) is 48.7 Å². The van der Waals surface area contributed by atoms with E-state index in [-0.39, 0.29) is 11.3 Å². The molecule has 3 heterocycles. The molecule has 2 fully saturated rings. The van der Waals surface area contributed by atoms with Crippen LogP contribution in [0.25, 0.3) is 0 Å². The topological polar surface area (TPSA) is 102 Å². The number of nitrogens with one attached hydrogen (secondary N) is 1. The van der Waals surface area contributed by atoms with Gasteiger partial charge in [0.1, 0.15) is 11.3 Å². The molecule has 1 aromatic heterocycles. The number of halogens is 1. The van der Waals surface area contributed by atoms with Gasteiger partial charge in [0.15, 0.2) is 11.5 Å². The molecule has 55 heavy (non-hydrogen) atoms. The first-order valence-electron chi connectivity index (χ1n) is 20.7. The van der Waals surface area contributed by atoms with Crippen molar-refractivity contribution < 1.29 is 28.8 Å². The largest absolute Gasteiger partial charge is 0.493 e. The summed E-state index contributed by atoms with van der Waals surface area (Å²) in [5.41, 5.74) is 4.56. The molecule has 0 amide bonds. The smallest absolute Gasteiger partial charge is 0.329 e. The lowest BCUT2D eigenvalue weighted by atomic mass is 9.59. The second-order valence-electron chi connectivity index (χ2n) is 17.4. The Kier molecular flexibility index (Phi) is 11.3. The molecule has 9 nitrogen and oxygen atoms in total. The maximum atomic E-state index is 13.1. The quantitative estimate of drug-likeness (QED) is 0.198. The van der Waals surface area contributed by atoms with Crippen molar-refractivity contribution in [3.05, 3.63) is 76.1 Å². The lowest BCUT2D eigenvalue weighted by molar-refractivity contribution is -0.144. The number of benzene rings is 2. The van der Waals surface area contributed by atoms with E-state index in [9.17, 15) is 9.90 Å². The first-order chi connectivity index (χ1) is 26.6. The fourth-order valence-corrected chi connectivity index (χ4v) is 10.8. The average molecular weight is 772 g/mol. The zero-order chi connectivity index (χ0) is 38.2. The van der Waals surface area contributed by atoms with E-state index < -0.39 is 11.5 Å². The summed E-state index contributed by atoms with van der Waals surface area (Å²) in [6.45, 7) is 9.42. The van der Waals surface area contributed by atoms with Crippen molar-refractivity contribution in [3.8, 4) is 17.2 Å². The van der Waals surface area contributed by atoms with Gasteiger partial charge in [0, 0.05) is 54.3 Å². The van der Waals surface area contributed by atoms with Gasteiger partial charge in [-0.15, -0.1) is 0 Å². The van der Waals surface area contributed by atoms with E-state index in [0.29, 0.717) is 61.5 Å². The summed E-state index contributed by atoms with van der Waals surface area (Å²) in [5, 5.41) is 14.7. The zero-order valence-corrected chi connectivity index (χ0v) is 33.5. The molecule has 3 aliphatic carbocycles. The fraction of sp³-hybridized carbons (Fsp3) is 0.600. The monoisotopic (exact) mass is 771 g/mol. The maximum absolute atomic E-state index is 13.1. The zero-order valence-electron chi connectivity index (χ0n) is 32.8. The number of anilines is 1. The van der Waals surface area contributed by atoms with Crippen LogP contribution in [-0.2, 0) is 27.8 Å². The molecule has 3 unspecified atom stereocenters. The predicted octanol–water partition coefficient (Wildman–Crippen LogP) is 8.70. The number of aliphatic carboxylic acids is 1. The Bertz CT molecular complexity index is 1840. The standard InChI is InChI=1S/C45H58ClN3O6/c1-29(26-53-39-12-17-47-38-11-4-7-30(2)42(38)39)19-33-20-32-21-40-41(55-28-31(27-54-40)24-49-18-6-10-36(25-49)52-3)23-37(32)44(33)13-15-45(16-14-44,43(50)51)48-35-9-5-8-34(46)22-35/h5,8-9,12,17,21-23,29-31,33,36,48H,4,6-7,10-11,13-16,18-20,24-28H2,1-3H3,(H,50,51)/t29-,30-,31?,33?,36?,44?,45?/m1/s1.